The highest BCUT2D eigenvalue weighted by Gasteiger charge is 2.66. The first-order valence-electron chi connectivity index (χ1n) is 4.66. The molecule has 0 radical (unpaired) electrons. The van der Waals surface area contributed by atoms with Crippen molar-refractivity contribution in [3.63, 3.8) is 0 Å². The Balaban J connectivity index is 2.27. The summed E-state index contributed by atoms with van der Waals surface area (Å²) in [6, 6.07) is 0. The van der Waals surface area contributed by atoms with Crippen LogP contribution in [0.15, 0.2) is 5.16 Å². The standard InChI is InChI=1S/C9H15NO2/c1-3-7-8(5-6-8)9(11,4-2)12-10-7/h11H,3-6H2,1-2H3. The minimum Gasteiger partial charge on any atom is -0.360 e. The molecule has 1 aliphatic carbocycles. The van der Waals surface area contributed by atoms with E-state index in [0.717, 1.165) is 25.0 Å². The quantitative estimate of drug-likeness (QED) is 0.683. The first-order chi connectivity index (χ1) is 5.68. The van der Waals surface area contributed by atoms with Crippen LogP contribution in [-0.2, 0) is 4.84 Å². The van der Waals surface area contributed by atoms with Crippen LogP contribution in [0.1, 0.15) is 39.5 Å². The highest BCUT2D eigenvalue weighted by molar-refractivity contribution is 5.94. The third-order valence-electron chi connectivity index (χ3n) is 3.17. The molecule has 0 amide bonds. The van der Waals surface area contributed by atoms with Crippen molar-refractivity contribution in [1.29, 1.82) is 0 Å². The van der Waals surface area contributed by atoms with E-state index in [1.54, 1.807) is 0 Å². The molecule has 0 aromatic heterocycles. The van der Waals surface area contributed by atoms with Crippen molar-refractivity contribution < 1.29 is 9.94 Å². The topological polar surface area (TPSA) is 41.8 Å². The van der Waals surface area contributed by atoms with Crippen LogP contribution in [0.25, 0.3) is 0 Å². The highest BCUT2D eigenvalue weighted by Crippen LogP contribution is 2.60. The molecule has 1 N–H and O–H groups in total. The molecule has 0 saturated heterocycles. The third kappa shape index (κ3) is 0.724. The Kier molecular flexibility index (Phi) is 1.49. The Morgan fingerprint density at radius 1 is 1.50 bits per heavy atom. The fraction of sp³-hybridized carbons (Fsp3) is 0.889. The van der Waals surface area contributed by atoms with Gasteiger partial charge in [0, 0.05) is 6.42 Å². The minimum absolute atomic E-state index is 0.101. The van der Waals surface area contributed by atoms with Gasteiger partial charge in [0.25, 0.3) is 0 Å². The van der Waals surface area contributed by atoms with Gasteiger partial charge in [-0.1, -0.05) is 19.0 Å². The lowest BCUT2D eigenvalue weighted by Gasteiger charge is -2.25. The Morgan fingerprint density at radius 2 is 2.17 bits per heavy atom. The van der Waals surface area contributed by atoms with Gasteiger partial charge in [-0.25, -0.2) is 0 Å². The van der Waals surface area contributed by atoms with Gasteiger partial charge in [0.05, 0.1) is 11.1 Å². The zero-order valence-corrected chi connectivity index (χ0v) is 7.63. The van der Waals surface area contributed by atoms with Gasteiger partial charge in [-0.05, 0) is 19.3 Å². The monoisotopic (exact) mass is 169 g/mol. The average Bonchev–Trinajstić information content (AvgIpc) is 2.81. The van der Waals surface area contributed by atoms with Gasteiger partial charge in [-0.15, -0.1) is 0 Å². The van der Waals surface area contributed by atoms with Gasteiger partial charge in [-0.2, -0.15) is 0 Å². The molecular formula is C9H15NO2. The normalized spacial score (nSPS) is 36.4. The number of aliphatic hydroxyl groups is 1. The van der Waals surface area contributed by atoms with Crippen LogP contribution in [0.5, 0.6) is 0 Å². The molecule has 12 heavy (non-hydrogen) atoms. The molecule has 0 aromatic rings. The lowest BCUT2D eigenvalue weighted by molar-refractivity contribution is -0.216. The summed E-state index contributed by atoms with van der Waals surface area (Å²) in [5.41, 5.74) is 0.947. The van der Waals surface area contributed by atoms with Crippen molar-refractivity contribution in [3.05, 3.63) is 0 Å². The molecule has 68 valence electrons. The molecule has 0 aromatic carbocycles. The number of oxime groups is 1. The molecule has 3 heteroatoms. The first kappa shape index (κ1) is 8.05. The maximum atomic E-state index is 10.1. The van der Waals surface area contributed by atoms with Crippen LogP contribution >= 0.6 is 0 Å². The van der Waals surface area contributed by atoms with Crippen molar-refractivity contribution in [2.24, 2.45) is 10.6 Å². The van der Waals surface area contributed by atoms with Crippen LogP contribution in [-0.4, -0.2) is 16.6 Å². The maximum Gasteiger partial charge on any atom is 0.245 e. The summed E-state index contributed by atoms with van der Waals surface area (Å²) in [5, 5.41) is 14.0. The largest absolute Gasteiger partial charge is 0.360 e. The molecule has 1 saturated carbocycles. The molecule has 1 fully saturated rings. The van der Waals surface area contributed by atoms with E-state index in [4.69, 9.17) is 4.84 Å². The summed E-state index contributed by atoms with van der Waals surface area (Å²) >= 11 is 0. The van der Waals surface area contributed by atoms with Crippen LogP contribution in [0, 0.1) is 5.41 Å². The van der Waals surface area contributed by atoms with E-state index in [1.165, 1.54) is 0 Å². The van der Waals surface area contributed by atoms with Crippen LogP contribution in [0.2, 0.25) is 0 Å². The summed E-state index contributed by atoms with van der Waals surface area (Å²) in [7, 11) is 0. The van der Waals surface area contributed by atoms with Crippen LogP contribution in [0.4, 0.5) is 0 Å². The van der Waals surface area contributed by atoms with Gasteiger partial charge < -0.3 is 9.94 Å². The summed E-state index contributed by atoms with van der Waals surface area (Å²) < 4.78 is 0. The average molecular weight is 169 g/mol. The predicted molar refractivity (Wildman–Crippen MR) is 45.7 cm³/mol. The van der Waals surface area contributed by atoms with E-state index >= 15 is 0 Å². The van der Waals surface area contributed by atoms with Gasteiger partial charge in [-0.3, -0.25) is 0 Å². The van der Waals surface area contributed by atoms with Crippen LogP contribution < -0.4 is 0 Å². The minimum atomic E-state index is -0.988. The van der Waals surface area contributed by atoms with E-state index in [9.17, 15) is 5.11 Å². The Hall–Kier alpha value is -0.570. The maximum absolute atomic E-state index is 10.1. The first-order valence-corrected chi connectivity index (χ1v) is 4.66. The van der Waals surface area contributed by atoms with E-state index in [0.29, 0.717) is 6.42 Å². The number of hydrogen-bond acceptors (Lipinski definition) is 3. The molecule has 3 nitrogen and oxygen atoms in total. The van der Waals surface area contributed by atoms with Crippen molar-refractivity contribution in [2.45, 2.75) is 45.3 Å². The SMILES string of the molecule is CCC1=NOC(O)(CC)C12CC2. The van der Waals surface area contributed by atoms with Gasteiger partial charge >= 0.3 is 0 Å². The van der Waals surface area contributed by atoms with Crippen LogP contribution in [0.3, 0.4) is 0 Å². The fourth-order valence-corrected chi connectivity index (χ4v) is 2.14. The van der Waals surface area contributed by atoms with E-state index < -0.39 is 5.79 Å². The van der Waals surface area contributed by atoms with Crippen molar-refractivity contribution in [1.82, 2.24) is 0 Å². The summed E-state index contributed by atoms with van der Waals surface area (Å²) in [4.78, 5) is 5.11. The number of rotatable bonds is 2. The zero-order chi connectivity index (χ0) is 8.82. The highest BCUT2D eigenvalue weighted by atomic mass is 16.7. The van der Waals surface area contributed by atoms with Crippen molar-refractivity contribution in [3.8, 4) is 0 Å². The molecule has 1 heterocycles. The van der Waals surface area contributed by atoms with Crippen molar-refractivity contribution in [2.75, 3.05) is 0 Å². The Labute approximate surface area is 72.4 Å². The third-order valence-corrected chi connectivity index (χ3v) is 3.17. The molecule has 1 atom stereocenters. The Bertz CT molecular complexity index is 233. The predicted octanol–water partition coefficient (Wildman–Crippen LogP) is 1.66. The second-order valence-corrected chi connectivity index (χ2v) is 3.70. The van der Waals surface area contributed by atoms with E-state index in [2.05, 4.69) is 12.1 Å². The second-order valence-electron chi connectivity index (χ2n) is 3.70. The lowest BCUT2D eigenvalue weighted by atomic mass is 9.87. The summed E-state index contributed by atoms with van der Waals surface area (Å²) in [6.07, 6.45) is 3.58. The number of nitrogens with zero attached hydrogens (tertiary/aromatic N) is 1. The van der Waals surface area contributed by atoms with Crippen molar-refractivity contribution >= 4 is 5.71 Å². The van der Waals surface area contributed by atoms with E-state index in [-0.39, 0.29) is 5.41 Å². The molecular weight excluding hydrogens is 154 g/mol. The molecule has 1 spiro atoms. The summed E-state index contributed by atoms with van der Waals surface area (Å²) in [5.74, 6) is -0.988. The molecule has 0 bridgehead atoms. The zero-order valence-electron chi connectivity index (χ0n) is 7.63. The fourth-order valence-electron chi connectivity index (χ4n) is 2.14. The van der Waals surface area contributed by atoms with Gasteiger partial charge in [0.15, 0.2) is 0 Å². The smallest absolute Gasteiger partial charge is 0.245 e. The Morgan fingerprint density at radius 3 is 2.58 bits per heavy atom. The van der Waals surface area contributed by atoms with Gasteiger partial charge in [0.1, 0.15) is 0 Å². The molecule has 2 rings (SSSR count). The molecule has 1 aliphatic heterocycles. The van der Waals surface area contributed by atoms with Gasteiger partial charge in [0.2, 0.25) is 5.79 Å². The summed E-state index contributed by atoms with van der Waals surface area (Å²) in [6.45, 7) is 4.00. The molecule has 1 unspecified atom stereocenters. The number of hydrogen-bond donors (Lipinski definition) is 1. The lowest BCUT2D eigenvalue weighted by Crippen LogP contribution is -2.39. The molecule has 2 aliphatic rings. The van der Waals surface area contributed by atoms with E-state index in [1.807, 2.05) is 6.92 Å². The second kappa shape index (κ2) is 2.22.